The molecular formula is C43H89ClO6. The highest BCUT2D eigenvalue weighted by Crippen LogP contribution is 2.09. The lowest BCUT2D eigenvalue weighted by molar-refractivity contribution is -0.00429. The zero-order valence-electron chi connectivity index (χ0n) is 37.5. The first-order valence-corrected chi connectivity index (χ1v) is 19.2. The first-order valence-electron chi connectivity index (χ1n) is 18.6. The molecule has 6 nitrogen and oxygen atoms in total. The second kappa shape index (κ2) is 35.2. The third-order valence-corrected chi connectivity index (χ3v) is 4.80. The molecule has 0 aromatic heterocycles. The Kier molecular flexibility index (Phi) is 43.1. The summed E-state index contributed by atoms with van der Waals surface area (Å²) < 4.78 is 31.9. The molecule has 0 atom stereocenters. The summed E-state index contributed by atoms with van der Waals surface area (Å²) in [6.07, 6.45) is 15.1. The minimum Gasteiger partial charge on any atom is -0.376 e. The van der Waals surface area contributed by atoms with Crippen LogP contribution in [0, 0.1) is 24.7 Å². The van der Waals surface area contributed by atoms with E-state index in [1.807, 2.05) is 69.2 Å². The molecule has 304 valence electrons. The SMILES string of the molecule is C#CCCOC(C)(C)C.C#CCOC(C)(C)C.CC(C)(C)OCCCCl.CCCCOC(C)(C)C.CCCOC(C)(C)C.CCOC(C)(C)C. The van der Waals surface area contributed by atoms with Crippen LogP contribution >= 0.6 is 11.6 Å². The van der Waals surface area contributed by atoms with Gasteiger partial charge in [-0.25, -0.2) is 0 Å². The predicted molar refractivity (Wildman–Crippen MR) is 223 cm³/mol. The van der Waals surface area contributed by atoms with Gasteiger partial charge in [-0.15, -0.1) is 30.4 Å². The number of hydrogen-bond donors (Lipinski definition) is 0. The number of hydrogen-bond acceptors (Lipinski definition) is 6. The van der Waals surface area contributed by atoms with E-state index >= 15 is 0 Å². The fourth-order valence-electron chi connectivity index (χ4n) is 2.47. The molecule has 0 bridgehead atoms. The highest BCUT2D eigenvalue weighted by molar-refractivity contribution is 6.17. The Morgan fingerprint density at radius 1 is 0.420 bits per heavy atom. The Bertz CT molecular complexity index is 735. The molecule has 0 aliphatic heterocycles. The fourth-order valence-corrected chi connectivity index (χ4v) is 2.58. The molecule has 50 heavy (non-hydrogen) atoms. The molecule has 0 aromatic rings. The van der Waals surface area contributed by atoms with Gasteiger partial charge >= 0.3 is 0 Å². The summed E-state index contributed by atoms with van der Waals surface area (Å²) in [7, 11) is 0. The molecule has 0 aromatic carbocycles. The summed E-state index contributed by atoms with van der Waals surface area (Å²) in [5.41, 5.74) is 0.00914. The maximum Gasteiger partial charge on any atom is 0.108 e. The van der Waals surface area contributed by atoms with Crippen LogP contribution in [0.25, 0.3) is 0 Å². The summed E-state index contributed by atoms with van der Waals surface area (Å²) in [5.74, 6) is 5.61. The summed E-state index contributed by atoms with van der Waals surface area (Å²) in [4.78, 5) is 0. The van der Waals surface area contributed by atoms with E-state index in [2.05, 4.69) is 88.0 Å². The number of alkyl halides is 1. The summed E-state index contributed by atoms with van der Waals surface area (Å²) >= 11 is 5.45. The van der Waals surface area contributed by atoms with Gasteiger partial charge in [-0.2, -0.15) is 0 Å². The van der Waals surface area contributed by atoms with Gasteiger partial charge in [0.25, 0.3) is 0 Å². The number of unbranched alkanes of at least 4 members (excludes halogenated alkanes) is 1. The first kappa shape index (κ1) is 61.2. The normalized spacial score (nSPS) is 11.6. The van der Waals surface area contributed by atoms with Crippen molar-refractivity contribution in [3.63, 3.8) is 0 Å². The molecule has 0 aliphatic carbocycles. The van der Waals surface area contributed by atoms with Crippen molar-refractivity contribution in [1.82, 2.24) is 0 Å². The second-order valence-electron chi connectivity index (χ2n) is 17.3. The smallest absolute Gasteiger partial charge is 0.108 e. The first-order chi connectivity index (χ1) is 22.4. The van der Waals surface area contributed by atoms with Gasteiger partial charge in [-0.3, -0.25) is 0 Å². The van der Waals surface area contributed by atoms with Gasteiger partial charge in [0.05, 0.1) is 40.2 Å². The average molecular weight is 738 g/mol. The van der Waals surface area contributed by atoms with Gasteiger partial charge < -0.3 is 28.4 Å². The van der Waals surface area contributed by atoms with Crippen molar-refractivity contribution in [3.05, 3.63) is 0 Å². The third-order valence-electron chi connectivity index (χ3n) is 4.53. The van der Waals surface area contributed by atoms with Gasteiger partial charge in [-0.1, -0.05) is 26.2 Å². The van der Waals surface area contributed by atoms with Crippen LogP contribution in [-0.2, 0) is 28.4 Å². The van der Waals surface area contributed by atoms with Crippen molar-refractivity contribution in [2.24, 2.45) is 0 Å². The van der Waals surface area contributed by atoms with E-state index in [0.717, 1.165) is 39.3 Å². The summed E-state index contributed by atoms with van der Waals surface area (Å²) in [5, 5.41) is 0. The van der Waals surface area contributed by atoms with E-state index in [4.69, 9.17) is 52.9 Å². The lowest BCUT2D eigenvalue weighted by Gasteiger charge is -2.18. The molecule has 0 aliphatic rings. The quantitative estimate of drug-likeness (QED) is 0.113. The number of halogens is 1. The maximum absolute atomic E-state index is 5.47. The lowest BCUT2D eigenvalue weighted by Crippen LogP contribution is -2.19. The summed E-state index contributed by atoms with van der Waals surface area (Å²) in [6.45, 7) is 47.5. The van der Waals surface area contributed by atoms with E-state index in [-0.39, 0.29) is 33.6 Å². The minimum absolute atomic E-state index is 0.00788. The van der Waals surface area contributed by atoms with Crippen LogP contribution in [0.3, 0.4) is 0 Å². The highest BCUT2D eigenvalue weighted by Gasteiger charge is 2.10. The topological polar surface area (TPSA) is 55.4 Å². The Labute approximate surface area is 320 Å². The number of ether oxygens (including phenoxy) is 6. The molecule has 0 spiro atoms. The number of rotatable bonds is 12. The molecular weight excluding hydrogens is 648 g/mol. The summed E-state index contributed by atoms with van der Waals surface area (Å²) in [6, 6.07) is 0. The third kappa shape index (κ3) is 103. The molecule has 0 radical (unpaired) electrons. The van der Waals surface area contributed by atoms with Gasteiger partial charge in [0, 0.05) is 38.7 Å². The van der Waals surface area contributed by atoms with Crippen LogP contribution in [0.15, 0.2) is 0 Å². The van der Waals surface area contributed by atoms with Gasteiger partial charge in [-0.05, 0) is 151 Å². The van der Waals surface area contributed by atoms with E-state index in [1.54, 1.807) is 0 Å². The Hall–Kier alpha value is -0.830. The van der Waals surface area contributed by atoms with Crippen LogP contribution in [-0.4, -0.2) is 79.1 Å². The van der Waals surface area contributed by atoms with Crippen LogP contribution in [0.1, 0.15) is 178 Å². The maximum atomic E-state index is 5.47. The average Bonchev–Trinajstić information content (AvgIpc) is 2.90. The Balaban J connectivity index is -0.000000116. The highest BCUT2D eigenvalue weighted by atomic mass is 35.5. The van der Waals surface area contributed by atoms with E-state index < -0.39 is 0 Å². The molecule has 0 saturated carbocycles. The van der Waals surface area contributed by atoms with Crippen molar-refractivity contribution in [2.75, 3.05) is 45.5 Å². The minimum atomic E-state index is -0.0909. The zero-order chi connectivity index (χ0) is 41.1. The fraction of sp³-hybridized carbons (Fsp3) is 0.907. The van der Waals surface area contributed by atoms with Gasteiger partial charge in [0.1, 0.15) is 6.61 Å². The number of terminal acetylenes is 2. The van der Waals surface area contributed by atoms with E-state index in [0.29, 0.717) is 25.5 Å². The van der Waals surface area contributed by atoms with Crippen LogP contribution in [0.5, 0.6) is 0 Å². The van der Waals surface area contributed by atoms with Crippen molar-refractivity contribution >= 4 is 11.6 Å². The van der Waals surface area contributed by atoms with E-state index in [1.165, 1.54) is 12.8 Å². The molecule has 0 N–H and O–H groups in total. The van der Waals surface area contributed by atoms with E-state index in [9.17, 15) is 0 Å². The van der Waals surface area contributed by atoms with Crippen molar-refractivity contribution in [1.29, 1.82) is 0 Å². The van der Waals surface area contributed by atoms with Crippen LogP contribution < -0.4 is 0 Å². The van der Waals surface area contributed by atoms with Crippen LogP contribution in [0.4, 0.5) is 0 Å². The molecule has 0 rings (SSSR count). The molecule has 0 saturated heterocycles. The molecule has 7 heteroatoms. The molecule has 0 amide bonds. The van der Waals surface area contributed by atoms with Gasteiger partial charge in [0.15, 0.2) is 0 Å². The van der Waals surface area contributed by atoms with Crippen LogP contribution in [0.2, 0.25) is 0 Å². The monoisotopic (exact) mass is 737 g/mol. The second-order valence-corrected chi connectivity index (χ2v) is 17.7. The largest absolute Gasteiger partial charge is 0.376 e. The molecule has 0 unspecified atom stereocenters. The Morgan fingerprint density at radius 3 is 0.960 bits per heavy atom. The lowest BCUT2D eigenvalue weighted by atomic mass is 10.2. The van der Waals surface area contributed by atoms with Gasteiger partial charge in [0.2, 0.25) is 0 Å². The Morgan fingerprint density at radius 2 is 0.760 bits per heavy atom. The molecule has 0 heterocycles. The predicted octanol–water partition coefficient (Wildman–Crippen LogP) is 12.3. The van der Waals surface area contributed by atoms with Crippen molar-refractivity contribution in [3.8, 4) is 24.7 Å². The van der Waals surface area contributed by atoms with Crippen molar-refractivity contribution in [2.45, 2.75) is 211 Å². The van der Waals surface area contributed by atoms with Crippen molar-refractivity contribution < 1.29 is 28.4 Å². The standard InChI is InChI=1S/C8H18O.C8H14O.C7H15ClO.C7H16O.C7H12O.C6H14O/c2*1-5-6-7-9-8(2,3)4;1-7(2,3)9-6-4-5-8;2*1-5-6-8-7(2,3)4;1-5-7-6(2,3)4/h5-7H2,1-4H3;1H,6-7H2,2-4H3;4-6H2,1-3H3;5-6H2,1-4H3;1H,6H2,2-4H3;5H2,1-4H3. The molecule has 0 fully saturated rings. The zero-order valence-corrected chi connectivity index (χ0v) is 38.2.